The first-order chi connectivity index (χ1) is 11.1. The number of likely N-dealkylation sites (tertiary alicyclic amines) is 1. The fourth-order valence-electron chi connectivity index (χ4n) is 3.00. The smallest absolute Gasteiger partial charge is 0.276 e. The number of piperidine rings is 1. The average molecular weight is 316 g/mol. The van der Waals surface area contributed by atoms with Crippen LogP contribution in [0.25, 0.3) is 0 Å². The zero-order chi connectivity index (χ0) is 16.2. The minimum absolute atomic E-state index is 0.00817. The molecule has 0 spiro atoms. The molecule has 0 N–H and O–H groups in total. The Hall–Kier alpha value is -2.11. The molecule has 6 heteroatoms. The molecule has 0 radical (unpaired) electrons. The van der Waals surface area contributed by atoms with E-state index in [2.05, 4.69) is 10.3 Å². The first-order valence-electron chi connectivity index (χ1n) is 8.37. The number of carbonyl (C=O) groups is 1. The van der Waals surface area contributed by atoms with Gasteiger partial charge in [0.1, 0.15) is 5.76 Å². The van der Waals surface area contributed by atoms with Gasteiger partial charge in [-0.05, 0) is 31.2 Å². The van der Waals surface area contributed by atoms with E-state index < -0.39 is 0 Å². The molecule has 1 saturated heterocycles. The lowest BCUT2D eigenvalue weighted by molar-refractivity contribution is 0.0674. The second-order valence-corrected chi connectivity index (χ2v) is 6.56. The van der Waals surface area contributed by atoms with Crippen molar-refractivity contribution >= 4 is 5.91 Å². The summed E-state index contributed by atoms with van der Waals surface area (Å²) in [6.45, 7) is 6.60. The van der Waals surface area contributed by atoms with Gasteiger partial charge in [-0.25, -0.2) is 0 Å². The van der Waals surface area contributed by atoms with Crippen molar-refractivity contribution in [3.63, 3.8) is 0 Å². The second kappa shape index (κ2) is 6.98. The minimum atomic E-state index is -0.00817. The molecule has 0 aromatic carbocycles. The summed E-state index contributed by atoms with van der Waals surface area (Å²) in [5, 5.41) is 8.16. The largest absolute Gasteiger partial charge is 0.360 e. The van der Waals surface area contributed by atoms with Crippen LogP contribution in [0.1, 0.15) is 55.3 Å². The molecule has 1 fully saturated rings. The van der Waals surface area contributed by atoms with Crippen LogP contribution in [0.3, 0.4) is 0 Å². The Morgan fingerprint density at radius 1 is 1.39 bits per heavy atom. The molecule has 0 saturated carbocycles. The van der Waals surface area contributed by atoms with Gasteiger partial charge in [-0.15, -0.1) is 0 Å². The summed E-state index contributed by atoms with van der Waals surface area (Å²) in [7, 11) is 0. The quantitative estimate of drug-likeness (QED) is 0.851. The van der Waals surface area contributed by atoms with Crippen molar-refractivity contribution in [1.29, 1.82) is 0 Å². The number of rotatable bonds is 5. The first kappa shape index (κ1) is 15.8. The molecule has 1 amide bonds. The Labute approximate surface area is 136 Å². The maximum Gasteiger partial charge on any atom is 0.276 e. The highest BCUT2D eigenvalue weighted by molar-refractivity contribution is 5.92. The van der Waals surface area contributed by atoms with E-state index in [0.717, 1.165) is 44.7 Å². The fraction of sp³-hybridized carbons (Fsp3) is 0.588. The molecule has 2 aromatic rings. The van der Waals surface area contributed by atoms with Crippen LogP contribution in [0, 0.1) is 5.92 Å². The van der Waals surface area contributed by atoms with Gasteiger partial charge in [0, 0.05) is 44.0 Å². The number of hydrogen-bond donors (Lipinski definition) is 0. The van der Waals surface area contributed by atoms with Crippen LogP contribution >= 0.6 is 0 Å². The van der Waals surface area contributed by atoms with Crippen LogP contribution in [-0.2, 0) is 6.54 Å². The van der Waals surface area contributed by atoms with E-state index in [1.807, 2.05) is 41.9 Å². The summed E-state index contributed by atoms with van der Waals surface area (Å²) in [6.07, 6.45) is 7.01. The normalized spacial score (nSPS) is 16.2. The third-order valence-corrected chi connectivity index (χ3v) is 4.54. The molecule has 23 heavy (non-hydrogen) atoms. The van der Waals surface area contributed by atoms with Crippen LogP contribution in [-0.4, -0.2) is 38.8 Å². The fourth-order valence-corrected chi connectivity index (χ4v) is 3.00. The number of hydrogen-bond acceptors (Lipinski definition) is 4. The predicted octanol–water partition coefficient (Wildman–Crippen LogP) is 2.94. The molecule has 0 unspecified atom stereocenters. The summed E-state index contributed by atoms with van der Waals surface area (Å²) in [6, 6.07) is 3.72. The molecule has 1 aliphatic rings. The summed E-state index contributed by atoms with van der Waals surface area (Å²) in [5.74, 6) is 1.66. The van der Waals surface area contributed by atoms with Gasteiger partial charge in [0.25, 0.3) is 5.91 Å². The Morgan fingerprint density at radius 3 is 2.78 bits per heavy atom. The maximum atomic E-state index is 12.5. The summed E-state index contributed by atoms with van der Waals surface area (Å²) in [4.78, 5) is 14.4. The van der Waals surface area contributed by atoms with Crippen molar-refractivity contribution in [2.75, 3.05) is 13.1 Å². The third-order valence-electron chi connectivity index (χ3n) is 4.54. The topological polar surface area (TPSA) is 64.2 Å². The molecule has 0 atom stereocenters. The van der Waals surface area contributed by atoms with Crippen molar-refractivity contribution in [2.45, 2.75) is 45.6 Å². The molecule has 2 aromatic heterocycles. The zero-order valence-electron chi connectivity index (χ0n) is 13.8. The van der Waals surface area contributed by atoms with Crippen LogP contribution in [0.2, 0.25) is 0 Å². The average Bonchev–Trinajstić information content (AvgIpc) is 3.24. The summed E-state index contributed by atoms with van der Waals surface area (Å²) in [5.41, 5.74) is 0.434. The van der Waals surface area contributed by atoms with Crippen LogP contribution in [0.15, 0.2) is 29.0 Å². The molecule has 3 rings (SSSR count). The molecule has 6 nitrogen and oxygen atoms in total. The summed E-state index contributed by atoms with van der Waals surface area (Å²) < 4.78 is 7.20. The predicted molar refractivity (Wildman–Crippen MR) is 86.1 cm³/mol. The first-order valence-corrected chi connectivity index (χ1v) is 8.37. The van der Waals surface area contributed by atoms with Gasteiger partial charge >= 0.3 is 0 Å². The van der Waals surface area contributed by atoms with E-state index in [-0.39, 0.29) is 11.8 Å². The third kappa shape index (κ3) is 3.81. The molecule has 0 aliphatic carbocycles. The Bertz CT molecular complexity index is 625. The number of amides is 1. The van der Waals surface area contributed by atoms with Crippen LogP contribution in [0.5, 0.6) is 0 Å². The lowest BCUT2D eigenvalue weighted by atomic mass is 9.93. The highest BCUT2D eigenvalue weighted by atomic mass is 16.5. The van der Waals surface area contributed by atoms with E-state index in [1.54, 1.807) is 6.07 Å². The number of nitrogens with zero attached hydrogens (tertiary/aromatic N) is 4. The molecule has 3 heterocycles. The van der Waals surface area contributed by atoms with Crippen molar-refractivity contribution < 1.29 is 9.32 Å². The molecule has 1 aliphatic heterocycles. The molecular weight excluding hydrogens is 292 g/mol. The van der Waals surface area contributed by atoms with E-state index in [4.69, 9.17) is 4.52 Å². The second-order valence-electron chi connectivity index (χ2n) is 6.56. The molecule has 0 bridgehead atoms. The van der Waals surface area contributed by atoms with Crippen molar-refractivity contribution in [2.24, 2.45) is 5.92 Å². The van der Waals surface area contributed by atoms with Gasteiger partial charge in [-0.2, -0.15) is 5.10 Å². The number of aryl methyl sites for hydroxylation is 1. The standard InChI is InChI=1S/C17H24N4O2/c1-13(2)16-12-15(19-23-16)17(22)20-9-4-14(5-10-20)6-11-21-8-3-7-18-21/h3,7-8,12-14H,4-6,9-11H2,1-2H3. The van der Waals surface area contributed by atoms with Gasteiger partial charge in [0.15, 0.2) is 5.69 Å². The van der Waals surface area contributed by atoms with E-state index in [1.165, 1.54) is 0 Å². The van der Waals surface area contributed by atoms with Crippen molar-refractivity contribution in [3.05, 3.63) is 36.0 Å². The molecule has 124 valence electrons. The monoisotopic (exact) mass is 316 g/mol. The summed E-state index contributed by atoms with van der Waals surface area (Å²) >= 11 is 0. The van der Waals surface area contributed by atoms with Crippen LogP contribution in [0.4, 0.5) is 0 Å². The number of carbonyl (C=O) groups excluding carboxylic acids is 1. The lowest BCUT2D eigenvalue weighted by Crippen LogP contribution is -2.38. The molecular formula is C17H24N4O2. The van der Waals surface area contributed by atoms with Gasteiger partial charge in [-0.1, -0.05) is 19.0 Å². The highest BCUT2D eigenvalue weighted by Gasteiger charge is 2.25. The van der Waals surface area contributed by atoms with E-state index >= 15 is 0 Å². The van der Waals surface area contributed by atoms with Gasteiger partial charge in [-0.3, -0.25) is 9.48 Å². The van der Waals surface area contributed by atoms with Gasteiger partial charge in [0.05, 0.1) is 0 Å². The van der Waals surface area contributed by atoms with E-state index in [9.17, 15) is 4.79 Å². The van der Waals surface area contributed by atoms with Gasteiger partial charge in [0.2, 0.25) is 0 Å². The highest BCUT2D eigenvalue weighted by Crippen LogP contribution is 2.23. The maximum absolute atomic E-state index is 12.5. The lowest BCUT2D eigenvalue weighted by Gasteiger charge is -2.31. The van der Waals surface area contributed by atoms with Crippen molar-refractivity contribution in [3.8, 4) is 0 Å². The van der Waals surface area contributed by atoms with Crippen molar-refractivity contribution in [1.82, 2.24) is 19.8 Å². The van der Waals surface area contributed by atoms with Crippen LogP contribution < -0.4 is 0 Å². The Morgan fingerprint density at radius 2 is 2.17 bits per heavy atom. The van der Waals surface area contributed by atoms with Gasteiger partial charge < -0.3 is 9.42 Å². The number of aromatic nitrogens is 3. The Kier molecular flexibility index (Phi) is 4.79. The zero-order valence-corrected chi connectivity index (χ0v) is 13.8. The Balaban J connectivity index is 1.48. The minimum Gasteiger partial charge on any atom is -0.360 e. The SMILES string of the molecule is CC(C)c1cc(C(=O)N2CCC(CCn3cccn3)CC2)no1. The van der Waals surface area contributed by atoms with E-state index in [0.29, 0.717) is 11.6 Å².